The van der Waals surface area contributed by atoms with Crippen molar-refractivity contribution in [2.24, 2.45) is 0 Å². The fourth-order valence-electron chi connectivity index (χ4n) is 0.762. The normalized spacial score (nSPS) is 7.91. The zero-order valence-electron chi connectivity index (χ0n) is 6.07. The summed E-state index contributed by atoms with van der Waals surface area (Å²) in [6.07, 6.45) is 4.49. The Balaban J connectivity index is 0.000001000. The van der Waals surface area contributed by atoms with Gasteiger partial charge in [0.05, 0.1) is 12.5 Å². The van der Waals surface area contributed by atoms with E-state index in [1.165, 1.54) is 0 Å². The number of rotatable bonds is 2. The van der Waals surface area contributed by atoms with Gasteiger partial charge in [-0.1, -0.05) is 6.07 Å². The quantitative estimate of drug-likeness (QED) is 0.465. The molecule has 1 aromatic rings. The molecule has 0 N–H and O–H groups in total. The van der Waals surface area contributed by atoms with Crippen LogP contribution in [0.1, 0.15) is 6.42 Å². The summed E-state index contributed by atoms with van der Waals surface area (Å²) in [6, 6.07) is 7.97. The molecule has 0 aliphatic rings. The molecule has 2 nitrogen and oxygen atoms in total. The molecular formula is C8H9ClN2. The topological polar surface area (TPSA) is 27.7 Å². The molecule has 0 atom stereocenters. The SMILES string of the molecule is N#CCC[n+]1ccccc1.[Cl-]. The summed E-state index contributed by atoms with van der Waals surface area (Å²) < 4.78 is 1.99. The van der Waals surface area contributed by atoms with Gasteiger partial charge in [0.15, 0.2) is 18.9 Å². The molecule has 0 aliphatic carbocycles. The van der Waals surface area contributed by atoms with Gasteiger partial charge in [0.1, 0.15) is 0 Å². The average Bonchev–Trinajstić information content (AvgIpc) is 2.03. The number of nitrogens with zero attached hydrogens (tertiary/aromatic N) is 2. The predicted molar refractivity (Wildman–Crippen MR) is 36.9 cm³/mol. The summed E-state index contributed by atoms with van der Waals surface area (Å²) in [6.45, 7) is 0.789. The lowest BCUT2D eigenvalue weighted by Crippen LogP contribution is -3.00. The Bertz CT molecular complexity index is 228. The van der Waals surface area contributed by atoms with Gasteiger partial charge in [-0.3, -0.25) is 0 Å². The molecule has 58 valence electrons. The van der Waals surface area contributed by atoms with Crippen LogP contribution in [0.2, 0.25) is 0 Å². The first kappa shape index (κ1) is 9.93. The Labute approximate surface area is 72.5 Å². The summed E-state index contributed by atoms with van der Waals surface area (Å²) in [5, 5.41) is 8.26. The van der Waals surface area contributed by atoms with E-state index in [2.05, 4.69) is 6.07 Å². The van der Waals surface area contributed by atoms with Crippen LogP contribution in [0.3, 0.4) is 0 Å². The molecule has 11 heavy (non-hydrogen) atoms. The Morgan fingerprint density at radius 2 is 1.82 bits per heavy atom. The van der Waals surface area contributed by atoms with Gasteiger partial charge in [-0.05, 0) is 0 Å². The van der Waals surface area contributed by atoms with Crippen molar-refractivity contribution in [2.45, 2.75) is 13.0 Å². The van der Waals surface area contributed by atoms with Crippen molar-refractivity contribution < 1.29 is 17.0 Å². The number of aryl methyl sites for hydroxylation is 1. The van der Waals surface area contributed by atoms with Gasteiger partial charge in [0, 0.05) is 12.1 Å². The molecule has 0 saturated carbocycles. The molecule has 0 radical (unpaired) electrons. The van der Waals surface area contributed by atoms with Crippen LogP contribution in [0.25, 0.3) is 0 Å². The maximum absolute atomic E-state index is 8.26. The fraction of sp³-hybridized carbons (Fsp3) is 0.250. The molecule has 0 fully saturated rings. The molecule has 0 unspecified atom stereocenters. The second-order valence-electron chi connectivity index (χ2n) is 2.02. The van der Waals surface area contributed by atoms with E-state index in [0.29, 0.717) is 6.42 Å². The van der Waals surface area contributed by atoms with Crippen LogP contribution in [0.15, 0.2) is 30.6 Å². The maximum Gasteiger partial charge on any atom is 0.168 e. The van der Waals surface area contributed by atoms with Crippen LogP contribution < -0.4 is 17.0 Å². The monoisotopic (exact) mass is 168 g/mol. The number of nitriles is 1. The molecule has 0 amide bonds. The van der Waals surface area contributed by atoms with Crippen molar-refractivity contribution in [1.82, 2.24) is 0 Å². The van der Waals surface area contributed by atoms with E-state index in [4.69, 9.17) is 5.26 Å². The fourth-order valence-corrected chi connectivity index (χ4v) is 0.762. The standard InChI is InChI=1S/C8H9N2.ClH/c9-5-4-8-10-6-2-1-3-7-10;/h1-3,6-7H,4,8H2;1H/q+1;/p-1. The highest BCUT2D eigenvalue weighted by Crippen LogP contribution is 1.78. The smallest absolute Gasteiger partial charge is 0.168 e. The van der Waals surface area contributed by atoms with Gasteiger partial charge in [-0.2, -0.15) is 5.26 Å². The van der Waals surface area contributed by atoms with E-state index in [-0.39, 0.29) is 12.4 Å². The number of halogens is 1. The second kappa shape index (κ2) is 5.70. The Kier molecular flexibility index (Phi) is 5.14. The van der Waals surface area contributed by atoms with Crippen molar-refractivity contribution in [3.63, 3.8) is 0 Å². The van der Waals surface area contributed by atoms with Crippen LogP contribution in [0.4, 0.5) is 0 Å². The number of pyridine rings is 1. The van der Waals surface area contributed by atoms with Gasteiger partial charge < -0.3 is 12.4 Å². The summed E-state index contributed by atoms with van der Waals surface area (Å²) in [5.41, 5.74) is 0. The Morgan fingerprint density at radius 1 is 1.18 bits per heavy atom. The molecule has 0 aliphatic heterocycles. The van der Waals surface area contributed by atoms with Crippen molar-refractivity contribution in [2.75, 3.05) is 0 Å². The number of hydrogen-bond donors (Lipinski definition) is 0. The first-order valence-corrected chi connectivity index (χ1v) is 3.24. The zero-order chi connectivity index (χ0) is 7.23. The van der Waals surface area contributed by atoms with E-state index in [9.17, 15) is 0 Å². The lowest BCUT2D eigenvalue weighted by molar-refractivity contribution is -0.695. The van der Waals surface area contributed by atoms with Crippen molar-refractivity contribution >= 4 is 0 Å². The highest BCUT2D eigenvalue weighted by molar-refractivity contribution is 4.83. The molecule has 0 bridgehead atoms. The van der Waals surface area contributed by atoms with Gasteiger partial charge in [-0.15, -0.1) is 0 Å². The molecule has 0 spiro atoms. The zero-order valence-corrected chi connectivity index (χ0v) is 6.83. The van der Waals surface area contributed by atoms with Crippen LogP contribution >= 0.6 is 0 Å². The third-order valence-corrected chi connectivity index (χ3v) is 1.26. The molecular weight excluding hydrogens is 160 g/mol. The maximum atomic E-state index is 8.26. The third kappa shape index (κ3) is 3.59. The molecule has 1 heterocycles. The van der Waals surface area contributed by atoms with E-state index < -0.39 is 0 Å². The molecule has 0 saturated heterocycles. The highest BCUT2D eigenvalue weighted by atomic mass is 35.5. The van der Waals surface area contributed by atoms with Gasteiger partial charge in [-0.25, -0.2) is 4.57 Å². The van der Waals surface area contributed by atoms with Gasteiger partial charge in [0.25, 0.3) is 0 Å². The first-order valence-electron chi connectivity index (χ1n) is 3.24. The minimum atomic E-state index is 0. The molecule has 3 heteroatoms. The Hall–Kier alpha value is -1.07. The molecule has 1 aromatic heterocycles. The molecule has 0 aromatic carbocycles. The first-order chi connectivity index (χ1) is 4.93. The van der Waals surface area contributed by atoms with Crippen molar-refractivity contribution in [3.05, 3.63) is 30.6 Å². The van der Waals surface area contributed by atoms with Crippen LogP contribution in [-0.4, -0.2) is 0 Å². The average molecular weight is 169 g/mol. The third-order valence-electron chi connectivity index (χ3n) is 1.26. The summed E-state index contributed by atoms with van der Waals surface area (Å²) in [7, 11) is 0. The van der Waals surface area contributed by atoms with E-state index in [1.54, 1.807) is 0 Å². The summed E-state index contributed by atoms with van der Waals surface area (Å²) in [4.78, 5) is 0. The van der Waals surface area contributed by atoms with Crippen molar-refractivity contribution in [3.8, 4) is 6.07 Å². The van der Waals surface area contributed by atoms with Crippen molar-refractivity contribution in [1.29, 1.82) is 5.26 Å². The predicted octanol–water partition coefficient (Wildman–Crippen LogP) is -2.11. The van der Waals surface area contributed by atoms with Crippen LogP contribution in [0, 0.1) is 11.3 Å². The summed E-state index contributed by atoms with van der Waals surface area (Å²) >= 11 is 0. The lowest BCUT2D eigenvalue weighted by Gasteiger charge is -1.87. The van der Waals surface area contributed by atoms with Gasteiger partial charge >= 0.3 is 0 Å². The number of hydrogen-bond acceptors (Lipinski definition) is 1. The molecule has 1 rings (SSSR count). The Morgan fingerprint density at radius 3 is 2.36 bits per heavy atom. The largest absolute Gasteiger partial charge is 1.00 e. The highest BCUT2D eigenvalue weighted by Gasteiger charge is 1.93. The summed E-state index contributed by atoms with van der Waals surface area (Å²) in [5.74, 6) is 0. The second-order valence-corrected chi connectivity index (χ2v) is 2.02. The lowest BCUT2D eigenvalue weighted by atomic mass is 10.4. The van der Waals surface area contributed by atoms with E-state index >= 15 is 0 Å². The minimum absolute atomic E-state index is 0. The van der Waals surface area contributed by atoms with Gasteiger partial charge in [0.2, 0.25) is 0 Å². The number of aromatic nitrogens is 1. The minimum Gasteiger partial charge on any atom is -1.00 e. The van der Waals surface area contributed by atoms with E-state index in [1.807, 2.05) is 35.2 Å². The van der Waals surface area contributed by atoms with Crippen LogP contribution in [0.5, 0.6) is 0 Å². The van der Waals surface area contributed by atoms with Crippen LogP contribution in [-0.2, 0) is 6.54 Å². The van der Waals surface area contributed by atoms with E-state index in [0.717, 1.165) is 6.54 Å².